The molecule has 2 rings (SSSR count). The molecule has 0 saturated heterocycles. The Bertz CT molecular complexity index is 531. The molecule has 2 heteroatoms. The summed E-state index contributed by atoms with van der Waals surface area (Å²) in [5, 5.41) is 0. The van der Waals surface area contributed by atoms with E-state index < -0.39 is 0 Å². The number of ether oxygens (including phenoxy) is 1. The van der Waals surface area contributed by atoms with Crippen LogP contribution in [0, 0.1) is 0 Å². The van der Waals surface area contributed by atoms with E-state index in [2.05, 4.69) is 25.1 Å². The van der Waals surface area contributed by atoms with Gasteiger partial charge in [0.15, 0.2) is 0 Å². The van der Waals surface area contributed by atoms with Gasteiger partial charge in [-0.25, -0.2) is 0 Å². The van der Waals surface area contributed by atoms with E-state index in [1.165, 1.54) is 5.56 Å². The van der Waals surface area contributed by atoms with Crippen molar-refractivity contribution in [3.05, 3.63) is 71.8 Å². The second kappa shape index (κ2) is 7.51. The molecule has 0 aromatic heterocycles. The van der Waals surface area contributed by atoms with E-state index in [0.29, 0.717) is 6.61 Å². The highest BCUT2D eigenvalue weighted by Crippen LogP contribution is 2.18. The van der Waals surface area contributed by atoms with Gasteiger partial charge in [0.2, 0.25) is 0 Å². The van der Waals surface area contributed by atoms with Gasteiger partial charge in [0.25, 0.3) is 0 Å². The molecule has 2 nitrogen and oxygen atoms in total. The zero-order valence-corrected chi connectivity index (χ0v) is 11.8. The third-order valence-corrected chi connectivity index (χ3v) is 3.20. The van der Waals surface area contributed by atoms with E-state index in [1.807, 2.05) is 48.5 Å². The van der Waals surface area contributed by atoms with E-state index in [-0.39, 0.29) is 6.04 Å². The molecule has 1 unspecified atom stereocenters. The minimum absolute atomic E-state index is 0.113. The Morgan fingerprint density at radius 3 is 2.40 bits per heavy atom. The summed E-state index contributed by atoms with van der Waals surface area (Å²) in [7, 11) is 0. The quantitative estimate of drug-likeness (QED) is 0.851. The van der Waals surface area contributed by atoms with Crippen LogP contribution in [0.25, 0.3) is 6.08 Å². The summed E-state index contributed by atoms with van der Waals surface area (Å²) >= 11 is 0. The maximum atomic E-state index is 5.98. The predicted octanol–water partition coefficient (Wildman–Crippen LogP) is 4.19. The van der Waals surface area contributed by atoms with E-state index >= 15 is 0 Å². The standard InChI is InChI=1S/C18H21NO/c1-2-18(19)16-10-12-17(13-11-16)20-14-6-9-15-7-4-3-5-8-15/h3-13,18H,2,14,19H2,1H3/b9-6+. The summed E-state index contributed by atoms with van der Waals surface area (Å²) in [4.78, 5) is 0. The molecule has 0 aliphatic carbocycles. The van der Waals surface area contributed by atoms with Gasteiger partial charge in [0, 0.05) is 6.04 Å². The van der Waals surface area contributed by atoms with Crippen LogP contribution in [-0.4, -0.2) is 6.61 Å². The fourth-order valence-electron chi connectivity index (χ4n) is 1.94. The summed E-state index contributed by atoms with van der Waals surface area (Å²) in [6.07, 6.45) is 5.02. The van der Waals surface area contributed by atoms with Gasteiger partial charge in [-0.3, -0.25) is 0 Å². The van der Waals surface area contributed by atoms with Crippen molar-refractivity contribution in [3.8, 4) is 5.75 Å². The topological polar surface area (TPSA) is 35.2 Å². The lowest BCUT2D eigenvalue weighted by Crippen LogP contribution is -2.08. The van der Waals surface area contributed by atoms with Crippen LogP contribution in [0.2, 0.25) is 0 Å². The molecule has 2 aromatic rings. The zero-order valence-electron chi connectivity index (χ0n) is 11.8. The first-order valence-corrected chi connectivity index (χ1v) is 6.99. The first kappa shape index (κ1) is 14.4. The Morgan fingerprint density at radius 1 is 1.05 bits per heavy atom. The van der Waals surface area contributed by atoms with Crippen LogP contribution in [0.5, 0.6) is 5.75 Å². The highest BCUT2D eigenvalue weighted by atomic mass is 16.5. The molecule has 20 heavy (non-hydrogen) atoms. The SMILES string of the molecule is CCC(N)c1ccc(OC/C=C/c2ccccc2)cc1. The highest BCUT2D eigenvalue weighted by molar-refractivity contribution is 5.48. The van der Waals surface area contributed by atoms with Gasteiger partial charge in [0.05, 0.1) is 0 Å². The van der Waals surface area contributed by atoms with E-state index in [0.717, 1.165) is 17.7 Å². The third-order valence-electron chi connectivity index (χ3n) is 3.20. The minimum Gasteiger partial charge on any atom is -0.490 e. The third kappa shape index (κ3) is 4.25. The lowest BCUT2D eigenvalue weighted by Gasteiger charge is -2.10. The van der Waals surface area contributed by atoms with Gasteiger partial charge in [-0.15, -0.1) is 0 Å². The molecule has 0 radical (unpaired) electrons. The number of hydrogen-bond acceptors (Lipinski definition) is 2. The summed E-state index contributed by atoms with van der Waals surface area (Å²) in [5.74, 6) is 0.870. The van der Waals surface area contributed by atoms with Crippen molar-refractivity contribution in [3.63, 3.8) is 0 Å². The van der Waals surface area contributed by atoms with Gasteiger partial charge in [0.1, 0.15) is 12.4 Å². The van der Waals surface area contributed by atoms with Crippen LogP contribution in [-0.2, 0) is 0 Å². The Kier molecular flexibility index (Phi) is 5.39. The van der Waals surface area contributed by atoms with Gasteiger partial charge < -0.3 is 10.5 Å². The molecule has 0 aliphatic rings. The minimum atomic E-state index is 0.113. The largest absolute Gasteiger partial charge is 0.490 e. The van der Waals surface area contributed by atoms with Crippen molar-refractivity contribution >= 4 is 6.08 Å². The predicted molar refractivity (Wildman–Crippen MR) is 84.6 cm³/mol. The lowest BCUT2D eigenvalue weighted by molar-refractivity contribution is 0.363. The second-order valence-corrected chi connectivity index (χ2v) is 4.71. The summed E-state index contributed by atoms with van der Waals surface area (Å²) in [6, 6.07) is 18.3. The molecule has 1 atom stereocenters. The fraction of sp³-hybridized carbons (Fsp3) is 0.222. The van der Waals surface area contributed by atoms with Gasteiger partial charge >= 0.3 is 0 Å². The van der Waals surface area contributed by atoms with Crippen molar-refractivity contribution in [1.29, 1.82) is 0 Å². The van der Waals surface area contributed by atoms with Crippen LogP contribution in [0.15, 0.2) is 60.7 Å². The average molecular weight is 267 g/mol. The monoisotopic (exact) mass is 267 g/mol. The summed E-state index contributed by atoms with van der Waals surface area (Å²) < 4.78 is 5.67. The van der Waals surface area contributed by atoms with Gasteiger partial charge in [-0.05, 0) is 35.8 Å². The van der Waals surface area contributed by atoms with Crippen LogP contribution < -0.4 is 10.5 Å². The average Bonchev–Trinajstić information content (AvgIpc) is 2.52. The first-order chi connectivity index (χ1) is 9.79. The normalized spacial score (nSPS) is 12.5. The van der Waals surface area contributed by atoms with E-state index in [9.17, 15) is 0 Å². The van der Waals surface area contributed by atoms with Crippen molar-refractivity contribution in [1.82, 2.24) is 0 Å². The number of hydrogen-bond donors (Lipinski definition) is 1. The molecule has 0 aliphatic heterocycles. The van der Waals surface area contributed by atoms with Crippen LogP contribution in [0.4, 0.5) is 0 Å². The maximum Gasteiger partial charge on any atom is 0.119 e. The summed E-state index contributed by atoms with van der Waals surface area (Å²) in [6.45, 7) is 2.65. The Labute approximate surface area is 120 Å². The number of benzene rings is 2. The van der Waals surface area contributed by atoms with E-state index in [4.69, 9.17) is 10.5 Å². The highest BCUT2D eigenvalue weighted by Gasteiger charge is 2.02. The molecule has 0 saturated carbocycles. The van der Waals surface area contributed by atoms with Crippen LogP contribution in [0.3, 0.4) is 0 Å². The molecule has 0 amide bonds. The van der Waals surface area contributed by atoms with E-state index in [1.54, 1.807) is 0 Å². The first-order valence-electron chi connectivity index (χ1n) is 6.99. The van der Waals surface area contributed by atoms with Crippen molar-refractivity contribution < 1.29 is 4.74 Å². The van der Waals surface area contributed by atoms with Crippen molar-refractivity contribution in [2.45, 2.75) is 19.4 Å². The van der Waals surface area contributed by atoms with Crippen molar-refractivity contribution in [2.24, 2.45) is 5.73 Å². The molecular formula is C18H21NO. The number of nitrogens with two attached hydrogens (primary N) is 1. The summed E-state index contributed by atoms with van der Waals surface area (Å²) in [5.41, 5.74) is 8.31. The van der Waals surface area contributed by atoms with Gasteiger partial charge in [-0.1, -0.05) is 55.5 Å². The van der Waals surface area contributed by atoms with Crippen LogP contribution >= 0.6 is 0 Å². The van der Waals surface area contributed by atoms with Crippen LogP contribution in [0.1, 0.15) is 30.5 Å². The molecule has 104 valence electrons. The smallest absolute Gasteiger partial charge is 0.119 e. The Hall–Kier alpha value is -2.06. The molecule has 0 bridgehead atoms. The fourth-order valence-corrected chi connectivity index (χ4v) is 1.94. The molecule has 0 heterocycles. The molecule has 2 N–H and O–H groups in total. The van der Waals surface area contributed by atoms with Crippen molar-refractivity contribution in [2.75, 3.05) is 6.61 Å². The number of rotatable bonds is 6. The Morgan fingerprint density at radius 2 is 1.75 bits per heavy atom. The molecular weight excluding hydrogens is 246 g/mol. The maximum absolute atomic E-state index is 5.98. The van der Waals surface area contributed by atoms with Gasteiger partial charge in [-0.2, -0.15) is 0 Å². The zero-order chi connectivity index (χ0) is 14.2. The molecule has 0 fully saturated rings. The lowest BCUT2D eigenvalue weighted by atomic mass is 10.1. The Balaban J connectivity index is 1.84. The second-order valence-electron chi connectivity index (χ2n) is 4.71. The molecule has 0 spiro atoms. The molecule has 2 aromatic carbocycles.